The summed E-state index contributed by atoms with van der Waals surface area (Å²) < 4.78 is 13.6. The molecular formula is C11H15ClFN. The van der Waals surface area contributed by atoms with E-state index in [0.29, 0.717) is 12.0 Å². The van der Waals surface area contributed by atoms with Crippen molar-refractivity contribution in [2.24, 2.45) is 5.73 Å². The van der Waals surface area contributed by atoms with Gasteiger partial charge in [-0.3, -0.25) is 0 Å². The Morgan fingerprint density at radius 1 is 1.43 bits per heavy atom. The van der Waals surface area contributed by atoms with Crippen molar-refractivity contribution in [3.63, 3.8) is 0 Å². The predicted molar refractivity (Wildman–Crippen MR) is 58.1 cm³/mol. The van der Waals surface area contributed by atoms with Gasteiger partial charge in [0.1, 0.15) is 5.82 Å². The molecule has 0 heterocycles. The summed E-state index contributed by atoms with van der Waals surface area (Å²) in [5, 5.41) is 0.162. The first-order chi connectivity index (χ1) is 6.31. The van der Waals surface area contributed by atoms with Crippen molar-refractivity contribution in [3.8, 4) is 0 Å². The van der Waals surface area contributed by atoms with Crippen LogP contribution in [0, 0.1) is 12.7 Å². The zero-order valence-electron chi connectivity index (χ0n) is 8.70. The number of aryl methyl sites for hydroxylation is 1. The zero-order chi connectivity index (χ0) is 10.9. The van der Waals surface area contributed by atoms with Gasteiger partial charge in [-0.1, -0.05) is 17.7 Å². The molecule has 3 heteroatoms. The fraction of sp³-hybridized carbons (Fsp3) is 0.455. The van der Waals surface area contributed by atoms with Crippen LogP contribution >= 0.6 is 11.6 Å². The van der Waals surface area contributed by atoms with E-state index < -0.39 is 5.54 Å². The maximum Gasteiger partial charge on any atom is 0.145 e. The minimum Gasteiger partial charge on any atom is -0.325 e. The van der Waals surface area contributed by atoms with Gasteiger partial charge in [-0.05, 0) is 44.4 Å². The van der Waals surface area contributed by atoms with Crippen LogP contribution in [0.5, 0.6) is 0 Å². The lowest BCUT2D eigenvalue weighted by molar-refractivity contribution is 0.495. The van der Waals surface area contributed by atoms with Crippen molar-refractivity contribution in [1.82, 2.24) is 0 Å². The summed E-state index contributed by atoms with van der Waals surface area (Å²) in [6.45, 7) is 5.60. The smallest absolute Gasteiger partial charge is 0.145 e. The van der Waals surface area contributed by atoms with Gasteiger partial charge >= 0.3 is 0 Å². The lowest BCUT2D eigenvalue weighted by Gasteiger charge is -2.20. The molecule has 0 saturated carbocycles. The summed E-state index contributed by atoms with van der Waals surface area (Å²) in [4.78, 5) is 0. The van der Waals surface area contributed by atoms with E-state index in [-0.39, 0.29) is 10.8 Å². The summed E-state index contributed by atoms with van der Waals surface area (Å²) in [7, 11) is 0. The summed E-state index contributed by atoms with van der Waals surface area (Å²) >= 11 is 5.70. The number of hydrogen-bond donors (Lipinski definition) is 1. The van der Waals surface area contributed by atoms with Crippen molar-refractivity contribution >= 4 is 11.6 Å². The van der Waals surface area contributed by atoms with Gasteiger partial charge in [0.05, 0.1) is 5.02 Å². The molecule has 1 aromatic carbocycles. The van der Waals surface area contributed by atoms with Crippen molar-refractivity contribution < 1.29 is 4.39 Å². The molecule has 0 aliphatic heterocycles. The van der Waals surface area contributed by atoms with Gasteiger partial charge in [-0.25, -0.2) is 4.39 Å². The van der Waals surface area contributed by atoms with Crippen molar-refractivity contribution in [3.05, 3.63) is 34.1 Å². The summed E-state index contributed by atoms with van der Waals surface area (Å²) in [5.41, 5.74) is 6.93. The van der Waals surface area contributed by atoms with Gasteiger partial charge in [-0.15, -0.1) is 0 Å². The highest BCUT2D eigenvalue weighted by Gasteiger charge is 2.17. The SMILES string of the molecule is Cc1ccc(Cl)c(F)c1CC(C)(C)N. The molecule has 1 aromatic rings. The normalized spacial score (nSPS) is 11.9. The summed E-state index contributed by atoms with van der Waals surface area (Å²) in [5.74, 6) is -0.342. The van der Waals surface area contributed by atoms with E-state index in [2.05, 4.69) is 0 Å². The highest BCUT2D eigenvalue weighted by molar-refractivity contribution is 6.30. The third-order valence-electron chi connectivity index (χ3n) is 2.06. The van der Waals surface area contributed by atoms with Crippen LogP contribution in [-0.4, -0.2) is 5.54 Å². The topological polar surface area (TPSA) is 26.0 Å². The number of rotatable bonds is 2. The minimum atomic E-state index is -0.420. The standard InChI is InChI=1S/C11H15ClFN/c1-7-4-5-9(12)10(13)8(7)6-11(2,3)14/h4-5H,6,14H2,1-3H3. The molecule has 78 valence electrons. The van der Waals surface area contributed by atoms with Gasteiger partial charge in [-0.2, -0.15) is 0 Å². The first-order valence-electron chi connectivity index (χ1n) is 4.53. The van der Waals surface area contributed by atoms with E-state index in [0.717, 1.165) is 5.56 Å². The van der Waals surface area contributed by atoms with Crippen LogP contribution in [0.25, 0.3) is 0 Å². The highest BCUT2D eigenvalue weighted by atomic mass is 35.5. The second kappa shape index (κ2) is 3.87. The summed E-state index contributed by atoms with van der Waals surface area (Å²) in [6, 6.07) is 3.38. The molecule has 0 fully saturated rings. The molecule has 1 nitrogen and oxygen atoms in total. The third kappa shape index (κ3) is 2.69. The first-order valence-corrected chi connectivity index (χ1v) is 4.91. The lowest BCUT2D eigenvalue weighted by Crippen LogP contribution is -2.35. The maximum atomic E-state index is 13.6. The minimum absolute atomic E-state index is 0.162. The summed E-state index contributed by atoms with van der Waals surface area (Å²) in [6.07, 6.45) is 0.491. The van der Waals surface area contributed by atoms with E-state index in [1.54, 1.807) is 6.07 Å². The maximum absolute atomic E-state index is 13.6. The molecule has 0 amide bonds. The van der Waals surface area contributed by atoms with Gasteiger partial charge in [0.2, 0.25) is 0 Å². The largest absolute Gasteiger partial charge is 0.325 e. The van der Waals surface area contributed by atoms with Crippen molar-refractivity contribution in [1.29, 1.82) is 0 Å². The van der Waals surface area contributed by atoms with Crippen LogP contribution in [0.4, 0.5) is 4.39 Å². The molecule has 0 unspecified atom stereocenters. The monoisotopic (exact) mass is 215 g/mol. The molecular weight excluding hydrogens is 201 g/mol. The molecule has 0 spiro atoms. The fourth-order valence-electron chi connectivity index (χ4n) is 1.36. The predicted octanol–water partition coefficient (Wildman–Crippen LogP) is 3.07. The molecule has 2 N–H and O–H groups in total. The average Bonchev–Trinajstić information content (AvgIpc) is 2.04. The molecule has 0 saturated heterocycles. The number of benzene rings is 1. The van der Waals surface area contributed by atoms with Crippen LogP contribution < -0.4 is 5.73 Å². The van der Waals surface area contributed by atoms with Crippen LogP contribution in [0.2, 0.25) is 5.02 Å². The Kier molecular flexibility index (Phi) is 3.17. The van der Waals surface area contributed by atoms with Gasteiger partial charge in [0, 0.05) is 5.54 Å². The molecule has 0 atom stereocenters. The van der Waals surface area contributed by atoms with Crippen LogP contribution in [0.1, 0.15) is 25.0 Å². The molecule has 0 radical (unpaired) electrons. The van der Waals surface area contributed by atoms with Crippen molar-refractivity contribution in [2.45, 2.75) is 32.7 Å². The Morgan fingerprint density at radius 2 is 2.00 bits per heavy atom. The molecule has 14 heavy (non-hydrogen) atoms. The lowest BCUT2D eigenvalue weighted by atomic mass is 9.93. The van der Waals surface area contributed by atoms with E-state index in [9.17, 15) is 4.39 Å². The quantitative estimate of drug-likeness (QED) is 0.806. The Labute approximate surface area is 89.1 Å². The van der Waals surface area contributed by atoms with E-state index in [4.69, 9.17) is 17.3 Å². The molecule has 0 aliphatic carbocycles. The fourth-order valence-corrected chi connectivity index (χ4v) is 1.54. The molecule has 1 rings (SSSR count). The van der Waals surface area contributed by atoms with Crippen LogP contribution in [0.3, 0.4) is 0 Å². The molecule has 0 bridgehead atoms. The zero-order valence-corrected chi connectivity index (χ0v) is 9.45. The van der Waals surface area contributed by atoms with Gasteiger partial charge in [0.15, 0.2) is 0 Å². The second-order valence-electron chi connectivity index (χ2n) is 4.32. The Balaban J connectivity index is 3.13. The second-order valence-corrected chi connectivity index (χ2v) is 4.73. The van der Waals surface area contributed by atoms with Gasteiger partial charge in [0.25, 0.3) is 0 Å². The van der Waals surface area contributed by atoms with E-state index in [1.165, 1.54) is 0 Å². The number of halogens is 2. The van der Waals surface area contributed by atoms with Crippen molar-refractivity contribution in [2.75, 3.05) is 0 Å². The van der Waals surface area contributed by atoms with E-state index in [1.807, 2.05) is 26.8 Å². The first kappa shape index (κ1) is 11.5. The molecule has 0 aliphatic rings. The Bertz CT molecular complexity index is 342. The third-order valence-corrected chi connectivity index (χ3v) is 2.35. The highest BCUT2D eigenvalue weighted by Crippen LogP contribution is 2.24. The van der Waals surface area contributed by atoms with Crippen LogP contribution in [-0.2, 0) is 6.42 Å². The van der Waals surface area contributed by atoms with Crippen LogP contribution in [0.15, 0.2) is 12.1 Å². The number of nitrogens with two attached hydrogens (primary N) is 1. The Hall–Kier alpha value is -0.600. The Morgan fingerprint density at radius 3 is 2.50 bits per heavy atom. The van der Waals surface area contributed by atoms with Gasteiger partial charge < -0.3 is 5.73 Å². The van der Waals surface area contributed by atoms with E-state index >= 15 is 0 Å². The molecule has 0 aromatic heterocycles. The average molecular weight is 216 g/mol. The number of hydrogen-bond acceptors (Lipinski definition) is 1.